The lowest BCUT2D eigenvalue weighted by atomic mass is 9.99. The maximum Gasteiger partial charge on any atom is 0.126 e. The van der Waals surface area contributed by atoms with Crippen molar-refractivity contribution in [3.63, 3.8) is 0 Å². The Hall–Kier alpha value is -3.59. The van der Waals surface area contributed by atoms with Crippen LogP contribution in [-0.2, 0) is 18.4 Å². The number of benzene rings is 3. The smallest absolute Gasteiger partial charge is 0.126 e. The number of aryl methyl sites for hydroxylation is 1. The predicted octanol–water partition coefficient (Wildman–Crippen LogP) is 5.93. The number of nitriles is 1. The number of halogens is 1. The maximum atomic E-state index is 9.13. The second-order valence-electron chi connectivity index (χ2n) is 7.36. The molecule has 0 saturated carbocycles. The van der Waals surface area contributed by atoms with Crippen molar-refractivity contribution < 1.29 is 9.47 Å². The van der Waals surface area contributed by atoms with Gasteiger partial charge < -0.3 is 14.0 Å². The van der Waals surface area contributed by atoms with Crippen LogP contribution in [0, 0.1) is 11.3 Å². The molecule has 0 aliphatic rings. The average molecular weight is 444 g/mol. The summed E-state index contributed by atoms with van der Waals surface area (Å²) < 4.78 is 14.0. The molecule has 0 aliphatic carbocycles. The van der Waals surface area contributed by atoms with Gasteiger partial charge in [-0.3, -0.25) is 0 Å². The molecule has 4 aromatic rings. The molecular weight excluding hydrogens is 422 g/mol. The van der Waals surface area contributed by atoms with E-state index in [2.05, 4.69) is 11.1 Å². The largest absolute Gasteiger partial charge is 0.496 e. The van der Waals surface area contributed by atoms with E-state index in [1.807, 2.05) is 66.2 Å². The summed E-state index contributed by atoms with van der Waals surface area (Å²) in [5, 5.41) is 9.78. The first-order valence-electron chi connectivity index (χ1n) is 10.1. The number of hydrogen-bond donors (Lipinski definition) is 0. The Kier molecular flexibility index (Phi) is 6.55. The van der Waals surface area contributed by atoms with Crippen LogP contribution < -0.4 is 4.74 Å². The van der Waals surface area contributed by atoms with Gasteiger partial charge in [0.1, 0.15) is 11.9 Å². The van der Waals surface area contributed by atoms with E-state index in [4.69, 9.17) is 26.3 Å². The van der Waals surface area contributed by atoms with Crippen molar-refractivity contribution in [3.05, 3.63) is 107 Å². The fourth-order valence-corrected chi connectivity index (χ4v) is 3.84. The lowest BCUT2D eigenvalue weighted by molar-refractivity contribution is 0.0624. The molecule has 1 unspecified atom stereocenters. The first-order valence-corrected chi connectivity index (χ1v) is 10.5. The first-order chi connectivity index (χ1) is 15.6. The number of rotatable bonds is 7. The molecule has 6 heteroatoms. The van der Waals surface area contributed by atoms with Crippen molar-refractivity contribution in [2.24, 2.45) is 7.05 Å². The average Bonchev–Trinajstić information content (AvgIpc) is 3.26. The molecule has 1 aromatic heterocycles. The summed E-state index contributed by atoms with van der Waals surface area (Å²) in [7, 11) is 3.59. The summed E-state index contributed by atoms with van der Waals surface area (Å²) in [6, 6.07) is 23.2. The van der Waals surface area contributed by atoms with Crippen LogP contribution in [0.2, 0.25) is 5.02 Å². The Balaban J connectivity index is 1.70. The molecule has 0 fully saturated rings. The van der Waals surface area contributed by atoms with E-state index in [0.29, 0.717) is 17.2 Å². The van der Waals surface area contributed by atoms with Gasteiger partial charge in [0.2, 0.25) is 0 Å². The Labute approximate surface area is 192 Å². The van der Waals surface area contributed by atoms with Gasteiger partial charge in [0, 0.05) is 17.6 Å². The SMILES string of the molecule is COc1ccccc1-c1cc(Cl)ccc1COC(c1ccc(C#N)cc1)c1cncn1C. The van der Waals surface area contributed by atoms with Gasteiger partial charge in [0.05, 0.1) is 43.6 Å². The Morgan fingerprint density at radius 2 is 1.84 bits per heavy atom. The van der Waals surface area contributed by atoms with Crippen molar-refractivity contribution in [1.82, 2.24) is 9.55 Å². The molecule has 0 amide bonds. The minimum Gasteiger partial charge on any atom is -0.496 e. The van der Waals surface area contributed by atoms with Crippen LogP contribution in [0.3, 0.4) is 0 Å². The van der Waals surface area contributed by atoms with Crippen LogP contribution in [-0.4, -0.2) is 16.7 Å². The zero-order chi connectivity index (χ0) is 22.5. The van der Waals surface area contributed by atoms with E-state index in [1.54, 1.807) is 31.8 Å². The monoisotopic (exact) mass is 443 g/mol. The van der Waals surface area contributed by atoms with Crippen molar-refractivity contribution in [2.75, 3.05) is 7.11 Å². The third-order valence-electron chi connectivity index (χ3n) is 5.34. The molecule has 4 rings (SSSR count). The second-order valence-corrected chi connectivity index (χ2v) is 7.79. The minimum atomic E-state index is -0.351. The number of hydrogen-bond acceptors (Lipinski definition) is 4. The molecule has 0 N–H and O–H groups in total. The Morgan fingerprint density at radius 1 is 1.06 bits per heavy atom. The molecule has 0 bridgehead atoms. The minimum absolute atomic E-state index is 0.348. The van der Waals surface area contributed by atoms with Gasteiger partial charge >= 0.3 is 0 Å². The van der Waals surface area contributed by atoms with E-state index < -0.39 is 0 Å². The molecule has 0 saturated heterocycles. The van der Waals surface area contributed by atoms with Gasteiger partial charge in [-0.2, -0.15) is 5.26 Å². The van der Waals surface area contributed by atoms with Crippen molar-refractivity contribution in [3.8, 4) is 22.9 Å². The zero-order valence-corrected chi connectivity index (χ0v) is 18.6. The van der Waals surface area contributed by atoms with Gasteiger partial charge in [-0.15, -0.1) is 0 Å². The first kappa shape index (κ1) is 21.6. The lowest BCUT2D eigenvalue weighted by Gasteiger charge is -2.21. The van der Waals surface area contributed by atoms with Gasteiger partial charge in [-0.05, 0) is 47.0 Å². The number of para-hydroxylation sites is 1. The van der Waals surface area contributed by atoms with Crippen LogP contribution in [0.4, 0.5) is 0 Å². The van der Waals surface area contributed by atoms with Crippen molar-refractivity contribution in [2.45, 2.75) is 12.7 Å². The summed E-state index contributed by atoms with van der Waals surface area (Å²) in [4.78, 5) is 4.25. The van der Waals surface area contributed by atoms with Crippen LogP contribution in [0.5, 0.6) is 5.75 Å². The summed E-state index contributed by atoms with van der Waals surface area (Å²) in [6.45, 7) is 0.348. The van der Waals surface area contributed by atoms with Crippen molar-refractivity contribution >= 4 is 11.6 Å². The van der Waals surface area contributed by atoms with Gasteiger partial charge in [0.25, 0.3) is 0 Å². The second kappa shape index (κ2) is 9.69. The molecular formula is C26H22ClN3O2. The van der Waals surface area contributed by atoms with Crippen LogP contribution in [0.25, 0.3) is 11.1 Å². The quantitative estimate of drug-likeness (QED) is 0.355. The molecule has 0 aliphatic heterocycles. The van der Waals surface area contributed by atoms with Crippen molar-refractivity contribution in [1.29, 1.82) is 5.26 Å². The lowest BCUT2D eigenvalue weighted by Crippen LogP contribution is -2.11. The highest BCUT2D eigenvalue weighted by molar-refractivity contribution is 6.30. The fourth-order valence-electron chi connectivity index (χ4n) is 3.67. The fraction of sp³-hybridized carbons (Fsp3) is 0.154. The Bertz CT molecular complexity index is 1260. The maximum absolute atomic E-state index is 9.13. The molecule has 5 nitrogen and oxygen atoms in total. The summed E-state index contributed by atoms with van der Waals surface area (Å²) >= 11 is 6.33. The van der Waals surface area contributed by atoms with E-state index >= 15 is 0 Å². The highest BCUT2D eigenvalue weighted by Crippen LogP contribution is 2.35. The van der Waals surface area contributed by atoms with E-state index in [9.17, 15) is 0 Å². The number of imidazole rings is 1. The summed E-state index contributed by atoms with van der Waals surface area (Å²) in [5.74, 6) is 0.770. The van der Waals surface area contributed by atoms with Crippen LogP contribution in [0.1, 0.15) is 28.5 Å². The molecule has 160 valence electrons. The van der Waals surface area contributed by atoms with E-state index in [1.165, 1.54) is 0 Å². The van der Waals surface area contributed by atoms with Gasteiger partial charge in [0.15, 0.2) is 0 Å². The molecule has 32 heavy (non-hydrogen) atoms. The third kappa shape index (κ3) is 4.52. The summed E-state index contributed by atoms with van der Waals surface area (Å²) in [6.07, 6.45) is 3.19. The standard InChI is InChI=1S/C26H22ClN3O2/c1-30-17-29-15-24(30)26(19-9-7-18(14-28)8-10-19)32-16-20-11-12-21(27)13-23(20)22-5-3-4-6-25(22)31-2/h3-13,15,17,26H,16H2,1-2H3. The molecule has 0 radical (unpaired) electrons. The van der Waals surface area contributed by atoms with E-state index in [-0.39, 0.29) is 6.10 Å². The number of nitrogens with zero attached hydrogens (tertiary/aromatic N) is 3. The Morgan fingerprint density at radius 3 is 2.53 bits per heavy atom. The third-order valence-corrected chi connectivity index (χ3v) is 5.57. The summed E-state index contributed by atoms with van der Waals surface area (Å²) in [5.41, 5.74) is 5.36. The van der Waals surface area contributed by atoms with Gasteiger partial charge in [-0.25, -0.2) is 4.98 Å². The molecule has 3 aromatic carbocycles. The molecule has 1 heterocycles. The number of methoxy groups -OCH3 is 1. The molecule has 1 atom stereocenters. The van der Waals surface area contributed by atoms with E-state index in [0.717, 1.165) is 33.7 Å². The number of aromatic nitrogens is 2. The normalized spacial score (nSPS) is 11.7. The highest BCUT2D eigenvalue weighted by atomic mass is 35.5. The molecule has 0 spiro atoms. The number of ether oxygens (including phenoxy) is 2. The topological polar surface area (TPSA) is 60.1 Å². The zero-order valence-electron chi connectivity index (χ0n) is 17.8. The van der Waals surface area contributed by atoms with Gasteiger partial charge in [-0.1, -0.05) is 48.0 Å². The van der Waals surface area contributed by atoms with Crippen LogP contribution in [0.15, 0.2) is 79.3 Å². The predicted molar refractivity (Wildman–Crippen MR) is 124 cm³/mol. The highest BCUT2D eigenvalue weighted by Gasteiger charge is 2.20. The van der Waals surface area contributed by atoms with Crippen LogP contribution >= 0.6 is 11.6 Å².